The third kappa shape index (κ3) is 3.44. The van der Waals surface area contributed by atoms with Crippen molar-refractivity contribution in [2.45, 2.75) is 0 Å². The first-order chi connectivity index (χ1) is 13.6. The van der Waals surface area contributed by atoms with Crippen LogP contribution < -0.4 is 10.1 Å². The number of thiophene rings is 1. The summed E-state index contributed by atoms with van der Waals surface area (Å²) in [6.07, 6.45) is 1.47. The van der Waals surface area contributed by atoms with Gasteiger partial charge >= 0.3 is 5.97 Å². The average molecular weight is 456 g/mol. The minimum absolute atomic E-state index is 0.155. The number of rotatable bonds is 5. The minimum atomic E-state index is -1.02. The number of carbonyl (C=O) groups is 1. The average Bonchev–Trinajstić information content (AvgIpc) is 3.14. The van der Waals surface area contributed by atoms with Gasteiger partial charge in [0.2, 0.25) is 0 Å². The molecule has 2 aromatic heterocycles. The molecule has 0 saturated carbocycles. The normalized spacial score (nSPS) is 10.8. The summed E-state index contributed by atoms with van der Waals surface area (Å²) in [4.78, 5) is 21.2. The molecule has 2 heterocycles. The van der Waals surface area contributed by atoms with E-state index in [-0.39, 0.29) is 5.56 Å². The summed E-state index contributed by atoms with van der Waals surface area (Å²) >= 11 is 4.82. The molecule has 4 aromatic rings. The molecular weight excluding hydrogens is 442 g/mol. The van der Waals surface area contributed by atoms with Crippen molar-refractivity contribution in [2.75, 3.05) is 12.4 Å². The number of aromatic nitrogens is 2. The Balaban J connectivity index is 1.82. The van der Waals surface area contributed by atoms with Crippen molar-refractivity contribution in [3.63, 3.8) is 0 Å². The minimum Gasteiger partial charge on any atom is -0.497 e. The Labute approximate surface area is 173 Å². The predicted octanol–water partition coefficient (Wildman–Crippen LogP) is 5.57. The van der Waals surface area contributed by atoms with Gasteiger partial charge in [0, 0.05) is 15.4 Å². The summed E-state index contributed by atoms with van der Waals surface area (Å²) in [5.41, 5.74) is 2.59. The Morgan fingerprint density at radius 1 is 1.18 bits per heavy atom. The summed E-state index contributed by atoms with van der Waals surface area (Å²) in [7, 11) is 1.63. The van der Waals surface area contributed by atoms with Gasteiger partial charge in [0.1, 0.15) is 22.7 Å². The van der Waals surface area contributed by atoms with Crippen LogP contribution >= 0.6 is 27.3 Å². The number of halogens is 1. The van der Waals surface area contributed by atoms with E-state index in [1.807, 2.05) is 29.6 Å². The Hall–Kier alpha value is -2.97. The molecule has 0 spiro atoms. The van der Waals surface area contributed by atoms with E-state index in [0.29, 0.717) is 16.0 Å². The number of hydrogen-bond donors (Lipinski definition) is 2. The first kappa shape index (κ1) is 18.4. The lowest BCUT2D eigenvalue weighted by molar-refractivity contribution is 0.0698. The van der Waals surface area contributed by atoms with Crippen molar-refractivity contribution < 1.29 is 14.6 Å². The van der Waals surface area contributed by atoms with Crippen molar-refractivity contribution >= 4 is 55.0 Å². The number of ether oxygens (including phenoxy) is 1. The quantitative estimate of drug-likeness (QED) is 0.409. The number of methoxy groups -OCH3 is 1. The molecule has 0 saturated heterocycles. The Kier molecular flexibility index (Phi) is 4.97. The highest BCUT2D eigenvalue weighted by Crippen LogP contribution is 2.38. The maximum absolute atomic E-state index is 11.6. The van der Waals surface area contributed by atoms with Crippen LogP contribution in [0, 0.1) is 0 Å². The van der Waals surface area contributed by atoms with Gasteiger partial charge in [0.25, 0.3) is 0 Å². The molecule has 28 heavy (non-hydrogen) atoms. The first-order valence-corrected chi connectivity index (χ1v) is 9.90. The standard InChI is InChI=1S/C20H14BrN3O3S/c1-27-13-5-2-11(3-6-13)15-9-28-19-17(15)18(22-10-23-19)24-16-7-4-12(21)8-14(16)20(25)26/h2-10H,1H3,(H,25,26)(H,22,23,24). The highest BCUT2D eigenvalue weighted by Gasteiger charge is 2.16. The van der Waals surface area contributed by atoms with Crippen LogP contribution in [0.15, 0.2) is 58.6 Å². The van der Waals surface area contributed by atoms with Crippen molar-refractivity contribution in [3.8, 4) is 16.9 Å². The van der Waals surface area contributed by atoms with E-state index in [2.05, 4.69) is 31.2 Å². The van der Waals surface area contributed by atoms with Crippen LogP contribution in [0.5, 0.6) is 5.75 Å². The fourth-order valence-corrected chi connectivity index (χ4v) is 4.16. The second-order valence-corrected chi connectivity index (χ2v) is 7.67. The number of nitrogens with one attached hydrogen (secondary N) is 1. The van der Waals surface area contributed by atoms with Crippen LogP contribution in [-0.2, 0) is 0 Å². The number of hydrogen-bond acceptors (Lipinski definition) is 6. The summed E-state index contributed by atoms with van der Waals surface area (Å²) in [5.74, 6) is 0.315. The zero-order chi connectivity index (χ0) is 19.7. The fourth-order valence-electron chi connectivity index (χ4n) is 2.88. The molecule has 0 unspecified atom stereocenters. The number of nitrogens with zero attached hydrogens (tertiary/aromatic N) is 2. The van der Waals surface area contributed by atoms with E-state index in [0.717, 1.165) is 27.1 Å². The van der Waals surface area contributed by atoms with E-state index in [4.69, 9.17) is 4.74 Å². The molecule has 8 heteroatoms. The SMILES string of the molecule is COc1ccc(-c2csc3ncnc(Nc4ccc(Br)cc4C(=O)O)c23)cc1. The molecule has 0 fully saturated rings. The molecule has 0 aliphatic carbocycles. The van der Waals surface area contributed by atoms with Crippen LogP contribution in [0.2, 0.25) is 0 Å². The van der Waals surface area contributed by atoms with Crippen LogP contribution in [0.25, 0.3) is 21.3 Å². The van der Waals surface area contributed by atoms with Crippen molar-refractivity contribution in [2.24, 2.45) is 0 Å². The largest absolute Gasteiger partial charge is 0.497 e. The fraction of sp³-hybridized carbons (Fsp3) is 0.0500. The molecule has 0 radical (unpaired) electrons. The number of benzene rings is 2. The van der Waals surface area contributed by atoms with Gasteiger partial charge in [-0.15, -0.1) is 11.3 Å². The first-order valence-electron chi connectivity index (χ1n) is 8.23. The Bertz CT molecular complexity index is 1180. The Morgan fingerprint density at radius 3 is 2.68 bits per heavy atom. The number of anilines is 2. The van der Waals surface area contributed by atoms with Crippen LogP contribution in [0.1, 0.15) is 10.4 Å². The summed E-state index contributed by atoms with van der Waals surface area (Å²) < 4.78 is 5.92. The number of carboxylic acid groups (broad SMARTS) is 1. The van der Waals surface area contributed by atoms with Gasteiger partial charge in [0.15, 0.2) is 0 Å². The van der Waals surface area contributed by atoms with E-state index < -0.39 is 5.97 Å². The van der Waals surface area contributed by atoms with Gasteiger partial charge in [-0.05, 0) is 35.9 Å². The van der Waals surface area contributed by atoms with Gasteiger partial charge in [-0.25, -0.2) is 14.8 Å². The predicted molar refractivity (Wildman–Crippen MR) is 114 cm³/mol. The topological polar surface area (TPSA) is 84.3 Å². The molecule has 140 valence electrons. The Morgan fingerprint density at radius 2 is 1.96 bits per heavy atom. The van der Waals surface area contributed by atoms with Crippen molar-refractivity contribution in [1.82, 2.24) is 9.97 Å². The molecule has 4 rings (SSSR count). The summed E-state index contributed by atoms with van der Waals surface area (Å²) in [6.45, 7) is 0. The maximum Gasteiger partial charge on any atom is 0.337 e. The third-order valence-electron chi connectivity index (χ3n) is 4.24. The number of fused-ring (bicyclic) bond motifs is 1. The van der Waals surface area contributed by atoms with Gasteiger partial charge in [-0.1, -0.05) is 28.1 Å². The molecular formula is C20H14BrN3O3S. The maximum atomic E-state index is 11.6. The molecule has 6 nitrogen and oxygen atoms in total. The summed E-state index contributed by atoms with van der Waals surface area (Å²) in [6, 6.07) is 12.8. The van der Waals surface area contributed by atoms with E-state index in [9.17, 15) is 9.90 Å². The van der Waals surface area contributed by atoms with Crippen LogP contribution in [0.4, 0.5) is 11.5 Å². The van der Waals surface area contributed by atoms with Gasteiger partial charge in [-0.3, -0.25) is 0 Å². The molecule has 2 aromatic carbocycles. The van der Waals surface area contributed by atoms with Crippen LogP contribution in [0.3, 0.4) is 0 Å². The van der Waals surface area contributed by atoms with E-state index >= 15 is 0 Å². The third-order valence-corrected chi connectivity index (χ3v) is 5.62. The molecule has 2 N–H and O–H groups in total. The van der Waals surface area contributed by atoms with Crippen molar-refractivity contribution in [1.29, 1.82) is 0 Å². The van der Waals surface area contributed by atoms with Gasteiger partial charge in [0.05, 0.1) is 23.7 Å². The second kappa shape index (κ2) is 7.57. The van der Waals surface area contributed by atoms with E-state index in [1.54, 1.807) is 25.3 Å². The smallest absolute Gasteiger partial charge is 0.337 e. The second-order valence-electron chi connectivity index (χ2n) is 5.90. The number of aromatic carboxylic acids is 1. The lowest BCUT2D eigenvalue weighted by atomic mass is 10.1. The van der Waals surface area contributed by atoms with Crippen LogP contribution in [-0.4, -0.2) is 28.2 Å². The molecule has 0 bridgehead atoms. The molecule has 0 aliphatic rings. The molecule has 0 amide bonds. The monoisotopic (exact) mass is 455 g/mol. The zero-order valence-electron chi connectivity index (χ0n) is 14.6. The number of carboxylic acids is 1. The lowest BCUT2D eigenvalue weighted by Crippen LogP contribution is -2.04. The zero-order valence-corrected chi connectivity index (χ0v) is 17.0. The lowest BCUT2D eigenvalue weighted by Gasteiger charge is -2.11. The highest BCUT2D eigenvalue weighted by atomic mass is 79.9. The molecule has 0 aliphatic heterocycles. The summed E-state index contributed by atoms with van der Waals surface area (Å²) in [5, 5.41) is 15.6. The van der Waals surface area contributed by atoms with Gasteiger partial charge < -0.3 is 15.2 Å². The molecule has 0 atom stereocenters. The van der Waals surface area contributed by atoms with E-state index in [1.165, 1.54) is 17.7 Å². The van der Waals surface area contributed by atoms with Gasteiger partial charge in [-0.2, -0.15) is 0 Å². The van der Waals surface area contributed by atoms with Crippen molar-refractivity contribution in [3.05, 3.63) is 64.2 Å². The highest BCUT2D eigenvalue weighted by molar-refractivity contribution is 9.10.